The fourth-order valence-corrected chi connectivity index (χ4v) is 4.51. The number of nitrogens with zero attached hydrogens (tertiary/aromatic N) is 1. The summed E-state index contributed by atoms with van der Waals surface area (Å²) in [6, 6.07) is 12.7. The summed E-state index contributed by atoms with van der Waals surface area (Å²) >= 11 is 12.8. The number of fused-ring (bicyclic) bond motifs is 1. The highest BCUT2D eigenvalue weighted by molar-refractivity contribution is 6.37. The highest BCUT2D eigenvalue weighted by Crippen LogP contribution is 2.37. The summed E-state index contributed by atoms with van der Waals surface area (Å²) in [7, 11) is 3.31. The average Bonchev–Trinajstić information content (AvgIpc) is 3.26. The molecule has 7 nitrogen and oxygen atoms in total. The molecular formula is C25H27Cl2N3O4. The molecule has 2 heterocycles. The standard InChI is InChI=1S/C25H27Cl2N3O4/c1-32-9-8-30-7-6-22-17(14-30)11-23(29-22)25(31)28-18-12-20(26)24(21(27)13-18)34-15-16-4-3-5-19(10-16)33-2/h3-5,10-13,29H,6-9,14-15H2,1-2H3,(H,28,31). The van der Waals surface area contributed by atoms with Gasteiger partial charge in [0.1, 0.15) is 18.1 Å². The number of benzene rings is 2. The van der Waals surface area contributed by atoms with Crippen LogP contribution in [0.15, 0.2) is 42.5 Å². The van der Waals surface area contributed by atoms with Gasteiger partial charge in [0.15, 0.2) is 5.75 Å². The third-order valence-electron chi connectivity index (χ3n) is 5.69. The van der Waals surface area contributed by atoms with E-state index < -0.39 is 0 Å². The van der Waals surface area contributed by atoms with Crippen LogP contribution in [0.1, 0.15) is 27.3 Å². The predicted molar refractivity (Wildman–Crippen MR) is 133 cm³/mol. The number of hydrogen-bond acceptors (Lipinski definition) is 5. The summed E-state index contributed by atoms with van der Waals surface area (Å²) in [5.41, 5.74) is 4.13. The van der Waals surface area contributed by atoms with Gasteiger partial charge in [-0.05, 0) is 41.5 Å². The molecule has 0 saturated heterocycles. The summed E-state index contributed by atoms with van der Waals surface area (Å²) in [4.78, 5) is 18.4. The molecular weight excluding hydrogens is 477 g/mol. The molecule has 9 heteroatoms. The first-order chi connectivity index (χ1) is 16.5. The molecule has 0 fully saturated rings. The van der Waals surface area contributed by atoms with Crippen molar-refractivity contribution >= 4 is 34.8 Å². The van der Waals surface area contributed by atoms with E-state index >= 15 is 0 Å². The molecule has 0 aliphatic carbocycles. The Kier molecular flexibility index (Phi) is 8.00. The Bertz CT molecular complexity index is 1140. The molecule has 1 aliphatic rings. The number of carbonyl (C=O) groups excluding carboxylic acids is 1. The Morgan fingerprint density at radius 1 is 1.15 bits per heavy atom. The van der Waals surface area contributed by atoms with E-state index in [0.717, 1.165) is 48.6 Å². The van der Waals surface area contributed by atoms with E-state index in [4.69, 9.17) is 37.4 Å². The van der Waals surface area contributed by atoms with E-state index in [9.17, 15) is 4.79 Å². The van der Waals surface area contributed by atoms with Crippen LogP contribution in [-0.2, 0) is 24.3 Å². The van der Waals surface area contributed by atoms with Crippen LogP contribution in [-0.4, -0.2) is 49.7 Å². The van der Waals surface area contributed by atoms with Gasteiger partial charge in [0.2, 0.25) is 0 Å². The normalized spacial score (nSPS) is 13.4. The minimum atomic E-state index is -0.255. The second-order valence-electron chi connectivity index (χ2n) is 8.07. The van der Waals surface area contributed by atoms with Crippen LogP contribution < -0.4 is 14.8 Å². The Balaban J connectivity index is 1.40. The molecule has 1 aliphatic heterocycles. The van der Waals surface area contributed by atoms with Crippen LogP contribution >= 0.6 is 23.2 Å². The van der Waals surface area contributed by atoms with Crippen molar-refractivity contribution in [1.29, 1.82) is 0 Å². The third kappa shape index (κ3) is 5.85. The zero-order valence-corrected chi connectivity index (χ0v) is 20.6. The Morgan fingerprint density at radius 3 is 2.68 bits per heavy atom. The van der Waals surface area contributed by atoms with Crippen molar-refractivity contribution in [3.05, 3.63) is 75.0 Å². The maximum atomic E-state index is 12.9. The number of rotatable bonds is 9. The maximum absolute atomic E-state index is 12.9. The summed E-state index contributed by atoms with van der Waals surface area (Å²) in [5.74, 6) is 0.843. The number of halogens is 2. The van der Waals surface area contributed by atoms with E-state index in [1.54, 1.807) is 26.4 Å². The molecule has 0 saturated carbocycles. The highest BCUT2D eigenvalue weighted by atomic mass is 35.5. The van der Waals surface area contributed by atoms with Crippen molar-refractivity contribution in [1.82, 2.24) is 9.88 Å². The molecule has 1 aromatic heterocycles. The third-order valence-corrected chi connectivity index (χ3v) is 6.25. The molecule has 0 radical (unpaired) electrons. The lowest BCUT2D eigenvalue weighted by Crippen LogP contribution is -2.32. The van der Waals surface area contributed by atoms with Crippen molar-refractivity contribution in [2.75, 3.05) is 39.2 Å². The van der Waals surface area contributed by atoms with Gasteiger partial charge >= 0.3 is 0 Å². The van der Waals surface area contributed by atoms with Gasteiger partial charge in [-0.25, -0.2) is 0 Å². The number of aromatic amines is 1. The smallest absolute Gasteiger partial charge is 0.272 e. The molecule has 1 amide bonds. The van der Waals surface area contributed by atoms with Crippen LogP contribution in [0.25, 0.3) is 0 Å². The van der Waals surface area contributed by atoms with Gasteiger partial charge in [-0.2, -0.15) is 0 Å². The van der Waals surface area contributed by atoms with Crippen molar-refractivity contribution in [3.8, 4) is 11.5 Å². The number of methoxy groups -OCH3 is 2. The lowest BCUT2D eigenvalue weighted by molar-refractivity contribution is 0.102. The molecule has 3 aromatic rings. The van der Waals surface area contributed by atoms with E-state index in [1.807, 2.05) is 30.3 Å². The van der Waals surface area contributed by atoms with Crippen molar-refractivity contribution in [3.63, 3.8) is 0 Å². The van der Waals surface area contributed by atoms with Gasteiger partial charge in [-0.1, -0.05) is 35.3 Å². The Morgan fingerprint density at radius 2 is 1.94 bits per heavy atom. The summed E-state index contributed by atoms with van der Waals surface area (Å²) in [6.07, 6.45) is 0.864. The van der Waals surface area contributed by atoms with Gasteiger partial charge < -0.3 is 24.5 Å². The van der Waals surface area contributed by atoms with Crippen molar-refractivity contribution < 1.29 is 19.0 Å². The zero-order chi connectivity index (χ0) is 24.1. The van der Waals surface area contributed by atoms with Gasteiger partial charge in [-0.15, -0.1) is 0 Å². The van der Waals surface area contributed by atoms with Crippen molar-refractivity contribution in [2.45, 2.75) is 19.6 Å². The fraction of sp³-hybridized carbons (Fsp3) is 0.320. The second kappa shape index (κ2) is 11.1. The summed E-state index contributed by atoms with van der Waals surface area (Å²) in [6.45, 7) is 3.55. The first-order valence-corrected chi connectivity index (χ1v) is 11.7. The van der Waals surface area contributed by atoms with Gasteiger partial charge in [-0.3, -0.25) is 9.69 Å². The zero-order valence-electron chi connectivity index (χ0n) is 19.1. The van der Waals surface area contributed by atoms with Crippen LogP contribution in [0.2, 0.25) is 10.0 Å². The van der Waals surface area contributed by atoms with E-state index in [-0.39, 0.29) is 12.5 Å². The molecule has 0 unspecified atom stereocenters. The lowest BCUT2D eigenvalue weighted by Gasteiger charge is -2.26. The molecule has 0 bridgehead atoms. The van der Waals surface area contributed by atoms with Gasteiger partial charge in [0.25, 0.3) is 5.91 Å². The Labute approximate surface area is 208 Å². The number of anilines is 1. The average molecular weight is 504 g/mol. The Hall–Kier alpha value is -2.71. The first-order valence-electron chi connectivity index (χ1n) is 10.9. The summed E-state index contributed by atoms with van der Waals surface area (Å²) in [5, 5.41) is 3.49. The van der Waals surface area contributed by atoms with Gasteiger partial charge in [0, 0.05) is 44.5 Å². The maximum Gasteiger partial charge on any atom is 0.272 e. The number of hydrogen-bond donors (Lipinski definition) is 2. The molecule has 34 heavy (non-hydrogen) atoms. The SMILES string of the molecule is COCCN1CCc2[nH]c(C(=O)Nc3cc(Cl)c(OCc4cccc(OC)c4)c(Cl)c3)cc2C1. The minimum absolute atomic E-state index is 0.255. The van der Waals surface area contributed by atoms with Crippen LogP contribution in [0.4, 0.5) is 5.69 Å². The quantitative estimate of drug-likeness (QED) is 0.421. The largest absolute Gasteiger partial charge is 0.497 e. The molecule has 4 rings (SSSR count). The number of carbonyl (C=O) groups is 1. The fourth-order valence-electron chi connectivity index (χ4n) is 3.91. The number of aromatic nitrogens is 1. The molecule has 0 spiro atoms. The number of amides is 1. The van der Waals surface area contributed by atoms with E-state index in [0.29, 0.717) is 33.8 Å². The molecule has 2 aromatic carbocycles. The van der Waals surface area contributed by atoms with Crippen LogP contribution in [0, 0.1) is 0 Å². The minimum Gasteiger partial charge on any atom is -0.497 e. The molecule has 2 N–H and O–H groups in total. The highest BCUT2D eigenvalue weighted by Gasteiger charge is 2.21. The monoisotopic (exact) mass is 503 g/mol. The number of ether oxygens (including phenoxy) is 3. The predicted octanol–water partition coefficient (Wildman–Crippen LogP) is 5.17. The summed E-state index contributed by atoms with van der Waals surface area (Å²) < 4.78 is 16.2. The number of H-pyrrole nitrogens is 1. The van der Waals surface area contributed by atoms with Crippen LogP contribution in [0.5, 0.6) is 11.5 Å². The van der Waals surface area contributed by atoms with E-state index in [2.05, 4.69) is 15.2 Å². The second-order valence-corrected chi connectivity index (χ2v) is 8.88. The van der Waals surface area contributed by atoms with Gasteiger partial charge in [0.05, 0.1) is 23.8 Å². The molecule has 0 atom stereocenters. The van der Waals surface area contributed by atoms with Crippen molar-refractivity contribution in [2.24, 2.45) is 0 Å². The number of nitrogens with one attached hydrogen (secondary N) is 2. The lowest BCUT2D eigenvalue weighted by atomic mass is 10.1. The molecule has 180 valence electrons. The topological polar surface area (TPSA) is 75.8 Å². The van der Waals surface area contributed by atoms with E-state index in [1.165, 1.54) is 0 Å². The van der Waals surface area contributed by atoms with Crippen LogP contribution in [0.3, 0.4) is 0 Å². The first kappa shape index (κ1) is 24.4.